The monoisotopic (exact) mass is 369 g/mol. The van der Waals surface area contributed by atoms with Gasteiger partial charge in [-0.2, -0.15) is 0 Å². The van der Waals surface area contributed by atoms with Crippen LogP contribution in [-0.2, 0) is 10.0 Å². The molecule has 0 saturated heterocycles. The standard InChI is InChI=1S/C14H12BrNO4S/c1-9-4-2-3-5-13(9)21(19,20)16-12-7-10(14(17)18)6-11(15)8-12/h2-8,16H,1H3,(H,17,18). The average Bonchev–Trinajstić information content (AvgIpc) is 2.37. The number of hydrogen-bond acceptors (Lipinski definition) is 3. The van der Waals surface area contributed by atoms with Gasteiger partial charge < -0.3 is 5.11 Å². The van der Waals surface area contributed by atoms with Crippen molar-refractivity contribution in [1.29, 1.82) is 0 Å². The molecule has 0 spiro atoms. The molecule has 0 saturated carbocycles. The Morgan fingerprint density at radius 1 is 1.19 bits per heavy atom. The molecule has 110 valence electrons. The normalized spacial score (nSPS) is 11.1. The van der Waals surface area contributed by atoms with E-state index in [4.69, 9.17) is 5.11 Å². The van der Waals surface area contributed by atoms with E-state index in [0.29, 0.717) is 10.0 Å². The first-order valence-corrected chi connectivity index (χ1v) is 8.19. The number of carboxylic acid groups (broad SMARTS) is 1. The maximum absolute atomic E-state index is 12.3. The summed E-state index contributed by atoms with van der Waals surface area (Å²) in [7, 11) is -3.77. The third kappa shape index (κ3) is 3.62. The van der Waals surface area contributed by atoms with Gasteiger partial charge in [-0.1, -0.05) is 34.1 Å². The maximum atomic E-state index is 12.3. The fourth-order valence-corrected chi connectivity index (χ4v) is 3.62. The van der Waals surface area contributed by atoms with Crippen LogP contribution in [0.3, 0.4) is 0 Å². The van der Waals surface area contributed by atoms with Crippen molar-refractivity contribution in [2.75, 3.05) is 4.72 Å². The molecule has 0 aromatic heterocycles. The predicted octanol–water partition coefficient (Wildman–Crippen LogP) is 3.26. The second-order valence-electron chi connectivity index (χ2n) is 4.40. The zero-order valence-electron chi connectivity index (χ0n) is 11.0. The van der Waals surface area contributed by atoms with Crippen molar-refractivity contribution in [2.24, 2.45) is 0 Å². The Kier molecular flexibility index (Phi) is 4.34. The maximum Gasteiger partial charge on any atom is 0.335 e. The number of aromatic carboxylic acids is 1. The van der Waals surface area contributed by atoms with Crippen LogP contribution in [-0.4, -0.2) is 19.5 Å². The van der Waals surface area contributed by atoms with Crippen LogP contribution in [0.1, 0.15) is 15.9 Å². The number of hydrogen-bond donors (Lipinski definition) is 2. The van der Waals surface area contributed by atoms with Crippen molar-refractivity contribution in [3.05, 3.63) is 58.1 Å². The highest BCUT2D eigenvalue weighted by Gasteiger charge is 2.17. The Balaban J connectivity index is 2.42. The van der Waals surface area contributed by atoms with Gasteiger partial charge in [0.2, 0.25) is 0 Å². The number of carbonyl (C=O) groups is 1. The SMILES string of the molecule is Cc1ccccc1S(=O)(=O)Nc1cc(Br)cc(C(=O)O)c1. The molecule has 0 aliphatic heterocycles. The van der Waals surface area contributed by atoms with Crippen molar-refractivity contribution in [3.8, 4) is 0 Å². The Morgan fingerprint density at radius 3 is 2.48 bits per heavy atom. The smallest absolute Gasteiger partial charge is 0.335 e. The van der Waals surface area contributed by atoms with Crippen LogP contribution in [0.25, 0.3) is 0 Å². The molecular formula is C14H12BrNO4S. The number of carboxylic acids is 1. The first kappa shape index (κ1) is 15.5. The molecule has 0 atom stereocenters. The van der Waals surface area contributed by atoms with Gasteiger partial charge in [-0.15, -0.1) is 0 Å². The zero-order valence-corrected chi connectivity index (χ0v) is 13.4. The first-order valence-electron chi connectivity index (χ1n) is 5.92. The Labute approximate surface area is 130 Å². The number of nitrogens with one attached hydrogen (secondary N) is 1. The first-order chi connectivity index (χ1) is 9.79. The Morgan fingerprint density at radius 2 is 1.86 bits per heavy atom. The van der Waals surface area contributed by atoms with Crippen LogP contribution in [0.15, 0.2) is 51.8 Å². The van der Waals surface area contributed by atoms with Crippen molar-refractivity contribution < 1.29 is 18.3 Å². The van der Waals surface area contributed by atoms with E-state index in [2.05, 4.69) is 20.7 Å². The van der Waals surface area contributed by atoms with E-state index in [0.717, 1.165) is 0 Å². The lowest BCUT2D eigenvalue weighted by atomic mass is 10.2. The van der Waals surface area contributed by atoms with Crippen LogP contribution >= 0.6 is 15.9 Å². The van der Waals surface area contributed by atoms with E-state index < -0.39 is 16.0 Å². The lowest BCUT2D eigenvalue weighted by Gasteiger charge is -2.11. The van der Waals surface area contributed by atoms with E-state index in [1.165, 1.54) is 24.3 Å². The Bertz CT molecular complexity index is 802. The van der Waals surface area contributed by atoms with Gasteiger partial charge >= 0.3 is 5.97 Å². The van der Waals surface area contributed by atoms with Gasteiger partial charge in [-0.05, 0) is 36.8 Å². The molecule has 0 radical (unpaired) electrons. The molecule has 7 heteroatoms. The number of rotatable bonds is 4. The molecule has 0 heterocycles. The fraction of sp³-hybridized carbons (Fsp3) is 0.0714. The number of benzene rings is 2. The zero-order chi connectivity index (χ0) is 15.6. The summed E-state index contributed by atoms with van der Waals surface area (Å²) in [5.74, 6) is -1.13. The van der Waals surface area contributed by atoms with Crippen LogP contribution < -0.4 is 4.72 Å². The number of sulfonamides is 1. The van der Waals surface area contributed by atoms with Crippen molar-refractivity contribution in [2.45, 2.75) is 11.8 Å². The topological polar surface area (TPSA) is 83.5 Å². The van der Waals surface area contributed by atoms with Crippen LogP contribution in [0.5, 0.6) is 0 Å². The van der Waals surface area contributed by atoms with Gasteiger partial charge in [-0.3, -0.25) is 4.72 Å². The Hall–Kier alpha value is -1.86. The molecule has 0 amide bonds. The summed E-state index contributed by atoms with van der Waals surface area (Å²) in [6, 6.07) is 10.7. The molecule has 21 heavy (non-hydrogen) atoms. The average molecular weight is 370 g/mol. The number of aryl methyl sites for hydroxylation is 1. The lowest BCUT2D eigenvalue weighted by molar-refractivity contribution is 0.0697. The van der Waals surface area contributed by atoms with E-state index in [1.54, 1.807) is 25.1 Å². The summed E-state index contributed by atoms with van der Waals surface area (Å²) >= 11 is 3.16. The summed E-state index contributed by atoms with van der Waals surface area (Å²) in [5.41, 5.74) is 0.787. The van der Waals surface area contributed by atoms with E-state index in [1.807, 2.05) is 0 Å². The summed E-state index contributed by atoms with van der Waals surface area (Å²) in [6.45, 7) is 1.69. The second-order valence-corrected chi connectivity index (χ2v) is 6.97. The summed E-state index contributed by atoms with van der Waals surface area (Å²) in [5, 5.41) is 9.00. The van der Waals surface area contributed by atoms with Crippen LogP contribution in [0.4, 0.5) is 5.69 Å². The largest absolute Gasteiger partial charge is 0.478 e. The molecule has 0 aliphatic rings. The van der Waals surface area contributed by atoms with Crippen LogP contribution in [0.2, 0.25) is 0 Å². The third-order valence-corrected chi connectivity index (χ3v) is 4.78. The molecule has 0 unspecified atom stereocenters. The lowest BCUT2D eigenvalue weighted by Crippen LogP contribution is -2.14. The predicted molar refractivity (Wildman–Crippen MR) is 83.1 cm³/mol. The summed E-state index contributed by atoms with van der Waals surface area (Å²) in [6.07, 6.45) is 0. The van der Waals surface area contributed by atoms with Gasteiger partial charge in [0.1, 0.15) is 0 Å². The molecular weight excluding hydrogens is 358 g/mol. The number of anilines is 1. The van der Waals surface area contributed by atoms with Gasteiger partial charge in [0.15, 0.2) is 0 Å². The molecule has 2 N–H and O–H groups in total. The molecule has 5 nitrogen and oxygen atoms in total. The molecule has 2 aromatic rings. The third-order valence-electron chi connectivity index (χ3n) is 2.78. The van der Waals surface area contributed by atoms with Crippen LogP contribution in [0, 0.1) is 6.92 Å². The van der Waals surface area contributed by atoms with Gasteiger partial charge in [0, 0.05) is 4.47 Å². The quantitative estimate of drug-likeness (QED) is 0.866. The van der Waals surface area contributed by atoms with Crippen molar-refractivity contribution >= 4 is 37.6 Å². The highest BCUT2D eigenvalue weighted by atomic mass is 79.9. The van der Waals surface area contributed by atoms with E-state index >= 15 is 0 Å². The molecule has 2 aromatic carbocycles. The fourth-order valence-electron chi connectivity index (χ4n) is 1.84. The van der Waals surface area contributed by atoms with Gasteiger partial charge in [-0.25, -0.2) is 13.2 Å². The van der Waals surface area contributed by atoms with Crippen molar-refractivity contribution in [3.63, 3.8) is 0 Å². The van der Waals surface area contributed by atoms with E-state index in [9.17, 15) is 13.2 Å². The summed E-state index contributed by atoms with van der Waals surface area (Å²) in [4.78, 5) is 11.2. The molecule has 2 rings (SSSR count). The molecule has 0 bridgehead atoms. The van der Waals surface area contributed by atoms with E-state index in [-0.39, 0.29) is 16.1 Å². The minimum atomic E-state index is -3.77. The minimum Gasteiger partial charge on any atom is -0.478 e. The number of halogens is 1. The van der Waals surface area contributed by atoms with Crippen molar-refractivity contribution in [1.82, 2.24) is 0 Å². The van der Waals surface area contributed by atoms with Gasteiger partial charge in [0.25, 0.3) is 10.0 Å². The highest BCUT2D eigenvalue weighted by molar-refractivity contribution is 9.10. The minimum absolute atomic E-state index is 0.00754. The summed E-state index contributed by atoms with van der Waals surface area (Å²) < 4.78 is 27.5. The second kappa shape index (κ2) is 5.87. The highest BCUT2D eigenvalue weighted by Crippen LogP contribution is 2.23. The molecule has 0 fully saturated rings. The molecule has 0 aliphatic carbocycles. The van der Waals surface area contributed by atoms with Gasteiger partial charge in [0.05, 0.1) is 16.1 Å².